The molecule has 0 amide bonds. The molecule has 0 aliphatic rings. The van der Waals surface area contributed by atoms with Crippen LogP contribution in [0.1, 0.15) is 5.89 Å². The molecule has 0 aliphatic carbocycles. The van der Waals surface area contributed by atoms with Crippen molar-refractivity contribution in [3.8, 4) is 5.75 Å². The van der Waals surface area contributed by atoms with Gasteiger partial charge in [0.05, 0.1) is 6.61 Å². The summed E-state index contributed by atoms with van der Waals surface area (Å²) >= 11 is 5.78. The monoisotopic (exact) mass is 283 g/mol. The summed E-state index contributed by atoms with van der Waals surface area (Å²) in [4.78, 5) is 0. The van der Waals surface area contributed by atoms with Crippen LogP contribution in [0.5, 0.6) is 5.75 Å². The predicted octanol–water partition coefficient (Wildman–Crippen LogP) is 2.36. The van der Waals surface area contributed by atoms with Crippen LogP contribution in [0, 0.1) is 0 Å². The van der Waals surface area contributed by atoms with Gasteiger partial charge in [-0.15, -0.1) is 5.10 Å². The van der Waals surface area contributed by atoms with Crippen molar-refractivity contribution >= 4 is 17.6 Å². The average Bonchev–Trinajstić information content (AvgIpc) is 2.86. The Morgan fingerprint density at radius 3 is 2.79 bits per heavy atom. The number of methoxy groups -OCH3 is 1. The number of ether oxygens (including phenoxy) is 2. The second-order valence-electron chi connectivity index (χ2n) is 3.66. The van der Waals surface area contributed by atoms with Crippen LogP contribution < -0.4 is 10.1 Å². The van der Waals surface area contributed by atoms with Gasteiger partial charge in [0.15, 0.2) is 6.61 Å². The van der Waals surface area contributed by atoms with Crippen molar-refractivity contribution in [3.63, 3.8) is 0 Å². The smallest absolute Gasteiger partial charge is 0.315 e. The molecule has 1 N–H and O–H groups in total. The molecule has 7 heteroatoms. The highest BCUT2D eigenvalue weighted by atomic mass is 35.5. The summed E-state index contributed by atoms with van der Waals surface area (Å²) in [6.45, 7) is 1.38. The Labute approximate surface area is 115 Å². The van der Waals surface area contributed by atoms with E-state index in [1.54, 1.807) is 31.4 Å². The van der Waals surface area contributed by atoms with E-state index < -0.39 is 0 Å². The Morgan fingerprint density at radius 2 is 2.05 bits per heavy atom. The molecular formula is C12H14ClN3O3. The molecule has 0 bridgehead atoms. The van der Waals surface area contributed by atoms with Gasteiger partial charge < -0.3 is 19.2 Å². The number of benzene rings is 1. The van der Waals surface area contributed by atoms with Crippen LogP contribution >= 0.6 is 11.6 Å². The summed E-state index contributed by atoms with van der Waals surface area (Å²) in [7, 11) is 1.63. The van der Waals surface area contributed by atoms with Gasteiger partial charge >= 0.3 is 6.01 Å². The van der Waals surface area contributed by atoms with Crippen molar-refractivity contribution < 1.29 is 13.9 Å². The minimum Gasteiger partial charge on any atom is -0.484 e. The van der Waals surface area contributed by atoms with Gasteiger partial charge in [0.1, 0.15) is 5.75 Å². The Morgan fingerprint density at radius 1 is 1.26 bits per heavy atom. The first-order valence-corrected chi connectivity index (χ1v) is 6.09. The zero-order valence-electron chi connectivity index (χ0n) is 10.4. The summed E-state index contributed by atoms with van der Waals surface area (Å²) in [5.74, 6) is 1.09. The molecule has 19 heavy (non-hydrogen) atoms. The lowest BCUT2D eigenvalue weighted by Gasteiger charge is -2.02. The molecule has 0 fully saturated rings. The molecule has 1 heterocycles. The molecule has 0 saturated carbocycles. The first-order chi connectivity index (χ1) is 9.28. The van der Waals surface area contributed by atoms with Gasteiger partial charge in [-0.05, 0) is 24.3 Å². The molecule has 0 spiro atoms. The molecular weight excluding hydrogens is 270 g/mol. The molecule has 0 atom stereocenters. The lowest BCUT2D eigenvalue weighted by molar-refractivity contribution is 0.210. The second-order valence-corrected chi connectivity index (χ2v) is 4.10. The molecule has 0 radical (unpaired) electrons. The third-order valence-electron chi connectivity index (χ3n) is 2.23. The highest BCUT2D eigenvalue weighted by Crippen LogP contribution is 2.17. The first-order valence-electron chi connectivity index (χ1n) is 5.71. The first kappa shape index (κ1) is 13.6. The fourth-order valence-corrected chi connectivity index (χ4v) is 1.45. The van der Waals surface area contributed by atoms with E-state index in [4.69, 9.17) is 25.5 Å². The van der Waals surface area contributed by atoms with Crippen molar-refractivity contribution in [1.82, 2.24) is 10.2 Å². The number of anilines is 1. The van der Waals surface area contributed by atoms with Gasteiger partial charge in [-0.1, -0.05) is 16.7 Å². The van der Waals surface area contributed by atoms with Gasteiger partial charge in [-0.25, -0.2) is 0 Å². The number of nitrogens with one attached hydrogen (secondary N) is 1. The summed E-state index contributed by atoms with van der Waals surface area (Å²) in [6.07, 6.45) is 0. The van der Waals surface area contributed by atoms with Crippen LogP contribution in [0.4, 0.5) is 6.01 Å². The maximum atomic E-state index is 5.78. The van der Waals surface area contributed by atoms with Crippen molar-refractivity contribution in [2.24, 2.45) is 0 Å². The third kappa shape index (κ3) is 4.42. The van der Waals surface area contributed by atoms with E-state index in [9.17, 15) is 0 Å². The molecule has 0 aliphatic heterocycles. The van der Waals surface area contributed by atoms with Crippen LogP contribution in [0.2, 0.25) is 5.02 Å². The van der Waals surface area contributed by atoms with Gasteiger partial charge in [0.25, 0.3) is 5.89 Å². The summed E-state index contributed by atoms with van der Waals surface area (Å²) in [5.41, 5.74) is 0. The Hall–Kier alpha value is -1.79. The zero-order valence-corrected chi connectivity index (χ0v) is 11.2. The Bertz CT molecular complexity index is 501. The molecule has 2 rings (SSSR count). The van der Waals surface area contributed by atoms with Crippen molar-refractivity contribution in [3.05, 3.63) is 35.2 Å². The number of hydrogen-bond donors (Lipinski definition) is 1. The molecule has 6 nitrogen and oxygen atoms in total. The Balaban J connectivity index is 1.81. The molecule has 0 saturated heterocycles. The fraction of sp³-hybridized carbons (Fsp3) is 0.333. The maximum Gasteiger partial charge on any atom is 0.315 e. The van der Waals surface area contributed by atoms with Crippen LogP contribution in [0.15, 0.2) is 28.7 Å². The van der Waals surface area contributed by atoms with Crippen molar-refractivity contribution in [1.29, 1.82) is 0 Å². The van der Waals surface area contributed by atoms with E-state index in [2.05, 4.69) is 15.5 Å². The van der Waals surface area contributed by atoms with Gasteiger partial charge in [-0.2, -0.15) is 0 Å². The number of halogens is 1. The molecule has 1 aromatic heterocycles. The zero-order chi connectivity index (χ0) is 13.5. The van der Waals surface area contributed by atoms with E-state index in [-0.39, 0.29) is 6.61 Å². The van der Waals surface area contributed by atoms with Crippen molar-refractivity contribution in [2.45, 2.75) is 6.61 Å². The fourth-order valence-electron chi connectivity index (χ4n) is 1.32. The number of aromatic nitrogens is 2. The highest BCUT2D eigenvalue weighted by molar-refractivity contribution is 6.30. The van der Waals surface area contributed by atoms with Gasteiger partial charge in [-0.3, -0.25) is 0 Å². The summed E-state index contributed by atoms with van der Waals surface area (Å²) in [5, 5.41) is 11.3. The highest BCUT2D eigenvalue weighted by Gasteiger charge is 2.06. The molecule has 0 unspecified atom stereocenters. The maximum absolute atomic E-state index is 5.78. The van der Waals surface area contributed by atoms with E-state index >= 15 is 0 Å². The van der Waals surface area contributed by atoms with Gasteiger partial charge in [0, 0.05) is 18.7 Å². The van der Waals surface area contributed by atoms with E-state index in [1.165, 1.54) is 0 Å². The topological polar surface area (TPSA) is 69.4 Å². The normalized spacial score (nSPS) is 10.4. The lowest BCUT2D eigenvalue weighted by Crippen LogP contribution is -2.07. The van der Waals surface area contributed by atoms with Gasteiger partial charge in [0.2, 0.25) is 0 Å². The van der Waals surface area contributed by atoms with Crippen LogP contribution in [-0.4, -0.2) is 30.5 Å². The quantitative estimate of drug-likeness (QED) is 0.787. The van der Waals surface area contributed by atoms with E-state index in [1.807, 2.05) is 0 Å². The standard InChI is InChI=1S/C12H14ClN3O3/c1-17-7-6-14-12-16-15-11(19-12)8-18-10-4-2-9(13)3-5-10/h2-5H,6-8H2,1H3,(H,14,16). The Kier molecular flexibility index (Phi) is 5.00. The average molecular weight is 284 g/mol. The van der Waals surface area contributed by atoms with E-state index in [0.29, 0.717) is 35.8 Å². The molecule has 2 aromatic rings. The van der Waals surface area contributed by atoms with E-state index in [0.717, 1.165) is 0 Å². The number of rotatable bonds is 7. The number of nitrogens with zero attached hydrogens (tertiary/aromatic N) is 2. The third-order valence-corrected chi connectivity index (χ3v) is 2.48. The van der Waals surface area contributed by atoms with Crippen LogP contribution in [0.25, 0.3) is 0 Å². The minimum absolute atomic E-state index is 0.209. The van der Waals surface area contributed by atoms with Crippen LogP contribution in [0.3, 0.4) is 0 Å². The molecule has 102 valence electrons. The lowest BCUT2D eigenvalue weighted by atomic mass is 10.3. The largest absolute Gasteiger partial charge is 0.484 e. The predicted molar refractivity (Wildman–Crippen MR) is 70.4 cm³/mol. The summed E-state index contributed by atoms with van der Waals surface area (Å²) < 4.78 is 15.7. The summed E-state index contributed by atoms with van der Waals surface area (Å²) in [6, 6.07) is 7.41. The minimum atomic E-state index is 0.209. The SMILES string of the molecule is COCCNc1nnc(COc2ccc(Cl)cc2)o1. The van der Waals surface area contributed by atoms with Crippen LogP contribution in [-0.2, 0) is 11.3 Å². The second kappa shape index (κ2) is 6.96. The number of hydrogen-bond acceptors (Lipinski definition) is 6. The molecule has 1 aromatic carbocycles. The van der Waals surface area contributed by atoms with Crippen molar-refractivity contribution in [2.75, 3.05) is 25.6 Å².